The molecule has 0 atom stereocenters. The highest BCUT2D eigenvalue weighted by Gasteiger charge is 2.65. The first-order chi connectivity index (χ1) is 11.8. The summed E-state index contributed by atoms with van der Waals surface area (Å²) in [5.41, 5.74) is -0.750. The SMILES string of the molecule is C=C(COCCC(F)(F)C(F)(F)S(=O)(=O)O)C(=O)OC1(CC)CCCC1. The van der Waals surface area contributed by atoms with Crippen molar-refractivity contribution in [1.82, 2.24) is 0 Å². The summed E-state index contributed by atoms with van der Waals surface area (Å²) in [6.45, 7) is 3.77. The molecule has 0 aliphatic heterocycles. The molecule has 26 heavy (non-hydrogen) atoms. The van der Waals surface area contributed by atoms with Crippen LogP contribution >= 0.6 is 0 Å². The Morgan fingerprint density at radius 2 is 1.77 bits per heavy atom. The van der Waals surface area contributed by atoms with Crippen molar-refractivity contribution in [3.05, 3.63) is 12.2 Å². The molecule has 0 bridgehead atoms. The van der Waals surface area contributed by atoms with Crippen LogP contribution < -0.4 is 0 Å². The van der Waals surface area contributed by atoms with Gasteiger partial charge in [0.25, 0.3) is 0 Å². The average Bonchev–Trinajstić information content (AvgIpc) is 2.99. The molecular formula is C15H22F4O6S. The van der Waals surface area contributed by atoms with Gasteiger partial charge in [0, 0.05) is 6.42 Å². The van der Waals surface area contributed by atoms with Crippen molar-refractivity contribution in [3.63, 3.8) is 0 Å². The van der Waals surface area contributed by atoms with Crippen molar-refractivity contribution < 1.29 is 44.8 Å². The van der Waals surface area contributed by atoms with Crippen LogP contribution in [0, 0.1) is 0 Å². The van der Waals surface area contributed by atoms with Gasteiger partial charge in [-0.3, -0.25) is 4.55 Å². The molecule has 1 rings (SSSR count). The Morgan fingerprint density at radius 1 is 1.23 bits per heavy atom. The van der Waals surface area contributed by atoms with E-state index in [1.807, 2.05) is 6.92 Å². The first-order valence-electron chi connectivity index (χ1n) is 7.99. The monoisotopic (exact) mass is 406 g/mol. The van der Waals surface area contributed by atoms with Gasteiger partial charge in [-0.1, -0.05) is 13.5 Å². The molecule has 6 nitrogen and oxygen atoms in total. The first-order valence-corrected chi connectivity index (χ1v) is 9.43. The summed E-state index contributed by atoms with van der Waals surface area (Å²) in [6, 6.07) is 0. The molecule has 0 heterocycles. The van der Waals surface area contributed by atoms with E-state index < -0.39 is 52.5 Å². The van der Waals surface area contributed by atoms with Gasteiger partial charge >= 0.3 is 27.3 Å². The van der Waals surface area contributed by atoms with Gasteiger partial charge in [0.05, 0.1) is 18.8 Å². The zero-order chi connectivity index (χ0) is 20.2. The zero-order valence-electron chi connectivity index (χ0n) is 14.3. The zero-order valence-corrected chi connectivity index (χ0v) is 15.1. The van der Waals surface area contributed by atoms with Crippen LogP contribution in [0.25, 0.3) is 0 Å². The van der Waals surface area contributed by atoms with Crippen molar-refractivity contribution in [1.29, 1.82) is 0 Å². The van der Waals surface area contributed by atoms with Gasteiger partial charge in [0.15, 0.2) is 0 Å². The van der Waals surface area contributed by atoms with Crippen LogP contribution in [0.2, 0.25) is 0 Å². The van der Waals surface area contributed by atoms with Crippen LogP contribution in [0.5, 0.6) is 0 Å². The van der Waals surface area contributed by atoms with E-state index in [2.05, 4.69) is 6.58 Å². The van der Waals surface area contributed by atoms with Crippen molar-refractivity contribution in [3.8, 4) is 0 Å². The molecular weight excluding hydrogens is 384 g/mol. The Hall–Kier alpha value is -1.20. The minimum absolute atomic E-state index is 0.172. The summed E-state index contributed by atoms with van der Waals surface area (Å²) in [4.78, 5) is 12.0. The molecule has 11 heteroatoms. The fourth-order valence-corrected chi connectivity index (χ4v) is 3.08. The van der Waals surface area contributed by atoms with Gasteiger partial charge in [-0.05, 0) is 32.1 Å². The van der Waals surface area contributed by atoms with Crippen LogP contribution in [-0.4, -0.2) is 48.9 Å². The molecule has 0 radical (unpaired) electrons. The molecule has 1 fully saturated rings. The number of carbonyl (C=O) groups excluding carboxylic acids is 1. The largest absolute Gasteiger partial charge is 0.456 e. The second-order valence-electron chi connectivity index (χ2n) is 6.24. The van der Waals surface area contributed by atoms with Crippen LogP contribution in [0.1, 0.15) is 45.4 Å². The number of alkyl halides is 4. The topological polar surface area (TPSA) is 89.9 Å². The van der Waals surface area contributed by atoms with Gasteiger partial charge in [-0.25, -0.2) is 4.79 Å². The van der Waals surface area contributed by atoms with Crippen molar-refractivity contribution in [2.45, 2.75) is 62.2 Å². The summed E-state index contributed by atoms with van der Waals surface area (Å²) in [7, 11) is -6.28. The summed E-state index contributed by atoms with van der Waals surface area (Å²) < 4.78 is 91.6. The lowest BCUT2D eigenvalue weighted by Gasteiger charge is -2.28. The standard InChI is InChI=1S/C15H22F4O6S/c1-3-13(6-4-5-7-13)25-12(20)11(2)10-24-9-8-14(16,17)15(18,19)26(21,22)23/h2-10H2,1H3,(H,21,22,23). The quantitative estimate of drug-likeness (QED) is 0.197. The third-order valence-corrected chi connectivity index (χ3v) is 5.29. The van der Waals surface area contributed by atoms with Crippen LogP contribution in [0.3, 0.4) is 0 Å². The fraction of sp³-hybridized carbons (Fsp3) is 0.800. The minimum atomic E-state index is -6.28. The number of ether oxygens (including phenoxy) is 2. The molecule has 0 aromatic carbocycles. The maximum atomic E-state index is 13.3. The van der Waals surface area contributed by atoms with Crippen LogP contribution in [0.15, 0.2) is 12.2 Å². The second kappa shape index (κ2) is 8.22. The van der Waals surface area contributed by atoms with Gasteiger partial charge in [-0.15, -0.1) is 0 Å². The molecule has 1 N–H and O–H groups in total. The van der Waals surface area contributed by atoms with Crippen LogP contribution in [-0.2, 0) is 24.4 Å². The van der Waals surface area contributed by atoms with Gasteiger partial charge in [0.1, 0.15) is 5.60 Å². The summed E-state index contributed by atoms with van der Waals surface area (Å²) in [6.07, 6.45) is 2.19. The number of hydrogen-bond acceptors (Lipinski definition) is 5. The Morgan fingerprint density at radius 3 is 2.23 bits per heavy atom. The minimum Gasteiger partial charge on any atom is -0.456 e. The normalized spacial score (nSPS) is 17.9. The highest BCUT2D eigenvalue weighted by atomic mass is 32.2. The molecule has 0 spiro atoms. The Bertz CT molecular complexity index is 626. The highest BCUT2D eigenvalue weighted by Crippen LogP contribution is 2.40. The Labute approximate surface area is 149 Å². The van der Waals surface area contributed by atoms with Crippen LogP contribution in [0.4, 0.5) is 17.6 Å². The lowest BCUT2D eigenvalue weighted by Crippen LogP contribution is -2.47. The molecule has 0 unspecified atom stereocenters. The van der Waals surface area contributed by atoms with E-state index in [4.69, 9.17) is 14.0 Å². The van der Waals surface area contributed by atoms with E-state index in [9.17, 15) is 30.8 Å². The average molecular weight is 406 g/mol. The molecule has 152 valence electrons. The lowest BCUT2D eigenvalue weighted by molar-refractivity contribution is -0.170. The van der Waals surface area contributed by atoms with E-state index in [0.29, 0.717) is 19.3 Å². The maximum Gasteiger partial charge on any atom is 0.431 e. The van der Waals surface area contributed by atoms with E-state index >= 15 is 0 Å². The van der Waals surface area contributed by atoms with E-state index in [-0.39, 0.29) is 5.57 Å². The smallest absolute Gasteiger partial charge is 0.431 e. The number of halogens is 4. The number of carbonyl (C=O) groups is 1. The van der Waals surface area contributed by atoms with Crippen molar-refractivity contribution in [2.75, 3.05) is 13.2 Å². The summed E-state index contributed by atoms with van der Waals surface area (Å²) in [5.74, 6) is -5.80. The van der Waals surface area contributed by atoms with Gasteiger partial charge in [-0.2, -0.15) is 26.0 Å². The third-order valence-electron chi connectivity index (χ3n) is 4.34. The van der Waals surface area contributed by atoms with E-state index in [1.165, 1.54) is 0 Å². The Balaban J connectivity index is 2.48. The van der Waals surface area contributed by atoms with E-state index in [0.717, 1.165) is 12.8 Å². The van der Waals surface area contributed by atoms with Crippen molar-refractivity contribution >= 4 is 16.1 Å². The molecule has 0 amide bonds. The molecule has 0 saturated heterocycles. The number of rotatable bonds is 10. The molecule has 1 saturated carbocycles. The number of esters is 1. The fourth-order valence-electron chi connectivity index (χ4n) is 2.60. The highest BCUT2D eigenvalue weighted by molar-refractivity contribution is 7.87. The van der Waals surface area contributed by atoms with Crippen molar-refractivity contribution in [2.24, 2.45) is 0 Å². The summed E-state index contributed by atoms with van der Waals surface area (Å²) >= 11 is 0. The van der Waals surface area contributed by atoms with Gasteiger partial charge < -0.3 is 9.47 Å². The number of hydrogen-bond donors (Lipinski definition) is 1. The predicted molar refractivity (Wildman–Crippen MR) is 83.6 cm³/mol. The van der Waals surface area contributed by atoms with Gasteiger partial charge in [0.2, 0.25) is 0 Å². The molecule has 1 aliphatic carbocycles. The lowest BCUT2D eigenvalue weighted by atomic mass is 9.99. The molecule has 0 aromatic heterocycles. The third kappa shape index (κ3) is 5.17. The molecule has 1 aliphatic rings. The first kappa shape index (κ1) is 22.8. The maximum absolute atomic E-state index is 13.3. The second-order valence-corrected chi connectivity index (χ2v) is 7.70. The Kier molecular flexibility index (Phi) is 7.22. The molecule has 0 aromatic rings. The van der Waals surface area contributed by atoms with E-state index in [1.54, 1.807) is 0 Å². The predicted octanol–water partition coefficient (Wildman–Crippen LogP) is 3.33. The summed E-state index contributed by atoms with van der Waals surface area (Å²) in [5, 5.41) is -5.64.